The summed E-state index contributed by atoms with van der Waals surface area (Å²) in [4.78, 5) is 11.5. The van der Waals surface area contributed by atoms with Crippen molar-refractivity contribution < 1.29 is 14.6 Å². The number of nitrogens with one attached hydrogen (secondary N) is 1. The smallest absolute Gasteiger partial charge is 0.325 e. The van der Waals surface area contributed by atoms with Gasteiger partial charge in [0.15, 0.2) is 0 Å². The zero-order chi connectivity index (χ0) is 16.1. The van der Waals surface area contributed by atoms with E-state index in [0.29, 0.717) is 6.54 Å². The number of aliphatic carboxylic acids is 1. The van der Waals surface area contributed by atoms with E-state index in [1.165, 1.54) is 0 Å². The normalized spacial score (nSPS) is 12.0. The highest BCUT2D eigenvalue weighted by atomic mass is 16.5. The van der Waals surface area contributed by atoms with Crippen molar-refractivity contribution in [1.82, 2.24) is 5.32 Å². The minimum absolute atomic E-state index is 0.482. The van der Waals surface area contributed by atoms with Crippen molar-refractivity contribution in [3.8, 4) is 5.75 Å². The van der Waals surface area contributed by atoms with Gasteiger partial charge in [-0.25, -0.2) is 0 Å². The minimum Gasteiger partial charge on any atom is -0.496 e. The number of carboxylic acid groups (broad SMARTS) is 1. The maximum absolute atomic E-state index is 11.5. The van der Waals surface area contributed by atoms with Gasteiger partial charge in [-0.05, 0) is 36.6 Å². The Morgan fingerprint density at radius 3 is 2.59 bits per heavy atom. The molecule has 0 saturated heterocycles. The molecule has 2 rings (SSSR count). The second-order valence-electron chi connectivity index (χ2n) is 5.37. The van der Waals surface area contributed by atoms with Gasteiger partial charge in [0.2, 0.25) is 0 Å². The third-order valence-corrected chi connectivity index (χ3v) is 3.59. The monoisotopic (exact) mass is 299 g/mol. The molecule has 116 valence electrons. The van der Waals surface area contributed by atoms with Crippen LogP contribution in [0.4, 0.5) is 0 Å². The molecule has 1 atom stereocenters. The Labute approximate surface area is 130 Å². The molecule has 0 spiro atoms. The van der Waals surface area contributed by atoms with Crippen LogP contribution in [0.25, 0.3) is 0 Å². The Bertz CT molecular complexity index is 667. The lowest BCUT2D eigenvalue weighted by Gasteiger charge is -2.16. The number of carbonyl (C=O) groups is 1. The van der Waals surface area contributed by atoms with E-state index in [-0.39, 0.29) is 0 Å². The summed E-state index contributed by atoms with van der Waals surface area (Å²) in [5.41, 5.74) is 3.87. The van der Waals surface area contributed by atoms with E-state index in [2.05, 4.69) is 5.32 Å². The molecule has 0 heterocycles. The molecule has 4 heteroatoms. The van der Waals surface area contributed by atoms with Crippen LogP contribution >= 0.6 is 0 Å². The fourth-order valence-electron chi connectivity index (χ4n) is 2.47. The second kappa shape index (κ2) is 7.09. The lowest BCUT2D eigenvalue weighted by Crippen LogP contribution is -2.28. The summed E-state index contributed by atoms with van der Waals surface area (Å²) in [6.07, 6.45) is 0. The van der Waals surface area contributed by atoms with Crippen LogP contribution in [0.2, 0.25) is 0 Å². The Balaban J connectivity index is 2.13. The molecule has 0 aromatic heterocycles. The average molecular weight is 299 g/mol. The SMILES string of the molecule is COc1ccc(CNC(C(=O)O)c2cccc(C)c2)cc1C. The lowest BCUT2D eigenvalue weighted by atomic mass is 10.0. The van der Waals surface area contributed by atoms with E-state index < -0.39 is 12.0 Å². The average Bonchev–Trinajstić information content (AvgIpc) is 2.47. The van der Waals surface area contributed by atoms with Crippen LogP contribution in [-0.4, -0.2) is 18.2 Å². The first-order chi connectivity index (χ1) is 10.5. The third kappa shape index (κ3) is 3.86. The van der Waals surface area contributed by atoms with Gasteiger partial charge in [0.1, 0.15) is 11.8 Å². The number of rotatable bonds is 6. The summed E-state index contributed by atoms with van der Waals surface area (Å²) in [6, 6.07) is 12.7. The zero-order valence-corrected chi connectivity index (χ0v) is 13.1. The molecule has 2 N–H and O–H groups in total. The molecular formula is C18H21NO3. The first-order valence-electron chi connectivity index (χ1n) is 7.17. The van der Waals surface area contributed by atoms with E-state index in [9.17, 15) is 9.90 Å². The molecular weight excluding hydrogens is 278 g/mol. The summed E-state index contributed by atoms with van der Waals surface area (Å²) in [7, 11) is 1.64. The number of benzene rings is 2. The van der Waals surface area contributed by atoms with Crippen molar-refractivity contribution in [2.24, 2.45) is 0 Å². The quantitative estimate of drug-likeness (QED) is 0.860. The highest BCUT2D eigenvalue weighted by Crippen LogP contribution is 2.20. The molecule has 2 aromatic carbocycles. The molecule has 0 saturated carbocycles. The molecule has 0 fully saturated rings. The van der Waals surface area contributed by atoms with Crippen LogP contribution in [0.15, 0.2) is 42.5 Å². The van der Waals surface area contributed by atoms with Crippen LogP contribution in [0, 0.1) is 13.8 Å². The fraction of sp³-hybridized carbons (Fsp3) is 0.278. The number of methoxy groups -OCH3 is 1. The number of hydrogen-bond acceptors (Lipinski definition) is 3. The van der Waals surface area contributed by atoms with E-state index in [1.807, 2.05) is 56.3 Å². The topological polar surface area (TPSA) is 58.6 Å². The van der Waals surface area contributed by atoms with Crippen molar-refractivity contribution in [2.75, 3.05) is 7.11 Å². The first-order valence-corrected chi connectivity index (χ1v) is 7.17. The first kappa shape index (κ1) is 16.0. The van der Waals surface area contributed by atoms with Crippen molar-refractivity contribution in [2.45, 2.75) is 26.4 Å². The van der Waals surface area contributed by atoms with Crippen molar-refractivity contribution in [3.63, 3.8) is 0 Å². The molecule has 1 unspecified atom stereocenters. The largest absolute Gasteiger partial charge is 0.496 e. The number of aryl methyl sites for hydroxylation is 2. The lowest BCUT2D eigenvalue weighted by molar-refractivity contribution is -0.139. The molecule has 2 aromatic rings. The molecule has 4 nitrogen and oxygen atoms in total. The minimum atomic E-state index is -0.879. The van der Waals surface area contributed by atoms with Gasteiger partial charge in [-0.15, -0.1) is 0 Å². The van der Waals surface area contributed by atoms with E-state index in [4.69, 9.17) is 4.74 Å². The summed E-state index contributed by atoms with van der Waals surface area (Å²) in [6.45, 7) is 4.41. The Hall–Kier alpha value is -2.33. The van der Waals surface area contributed by atoms with Crippen LogP contribution < -0.4 is 10.1 Å². The van der Waals surface area contributed by atoms with Crippen molar-refractivity contribution >= 4 is 5.97 Å². The van der Waals surface area contributed by atoms with Crippen molar-refractivity contribution in [3.05, 3.63) is 64.7 Å². The van der Waals surface area contributed by atoms with Gasteiger partial charge in [-0.1, -0.05) is 42.0 Å². The summed E-state index contributed by atoms with van der Waals surface area (Å²) >= 11 is 0. The van der Waals surface area contributed by atoms with Crippen LogP contribution in [-0.2, 0) is 11.3 Å². The highest BCUT2D eigenvalue weighted by molar-refractivity contribution is 5.75. The van der Waals surface area contributed by atoms with Gasteiger partial charge in [-0.2, -0.15) is 0 Å². The molecule has 0 radical (unpaired) electrons. The number of carboxylic acids is 1. The van der Waals surface area contributed by atoms with Gasteiger partial charge in [0, 0.05) is 6.54 Å². The maximum Gasteiger partial charge on any atom is 0.325 e. The van der Waals surface area contributed by atoms with E-state index in [0.717, 1.165) is 28.0 Å². The Morgan fingerprint density at radius 1 is 1.23 bits per heavy atom. The van der Waals surface area contributed by atoms with Crippen molar-refractivity contribution in [1.29, 1.82) is 0 Å². The van der Waals surface area contributed by atoms with Gasteiger partial charge in [0.25, 0.3) is 0 Å². The zero-order valence-electron chi connectivity index (χ0n) is 13.1. The Kier molecular flexibility index (Phi) is 5.17. The van der Waals surface area contributed by atoms with Crippen LogP contribution in [0.5, 0.6) is 5.75 Å². The van der Waals surface area contributed by atoms with Gasteiger partial charge < -0.3 is 9.84 Å². The summed E-state index contributed by atoms with van der Waals surface area (Å²) in [5.74, 6) is -0.0481. The van der Waals surface area contributed by atoms with Gasteiger partial charge in [0.05, 0.1) is 7.11 Å². The number of ether oxygens (including phenoxy) is 1. The third-order valence-electron chi connectivity index (χ3n) is 3.59. The highest BCUT2D eigenvalue weighted by Gasteiger charge is 2.19. The molecule has 0 aliphatic heterocycles. The maximum atomic E-state index is 11.5. The standard InChI is InChI=1S/C18H21NO3/c1-12-5-4-6-15(9-12)17(18(20)21)19-11-14-7-8-16(22-3)13(2)10-14/h4-10,17,19H,11H2,1-3H3,(H,20,21). The number of hydrogen-bond donors (Lipinski definition) is 2. The van der Waals surface area contributed by atoms with Crippen LogP contribution in [0.1, 0.15) is 28.3 Å². The summed E-state index contributed by atoms with van der Waals surface area (Å²) in [5, 5.41) is 12.6. The molecule has 22 heavy (non-hydrogen) atoms. The fourth-order valence-corrected chi connectivity index (χ4v) is 2.47. The molecule has 0 bridgehead atoms. The summed E-state index contributed by atoms with van der Waals surface area (Å²) < 4.78 is 5.23. The van der Waals surface area contributed by atoms with Gasteiger partial charge >= 0.3 is 5.97 Å². The predicted octanol–water partition coefficient (Wildman–Crippen LogP) is 3.23. The predicted molar refractivity (Wildman–Crippen MR) is 86.1 cm³/mol. The molecule has 0 aliphatic carbocycles. The second-order valence-corrected chi connectivity index (χ2v) is 5.37. The van der Waals surface area contributed by atoms with E-state index in [1.54, 1.807) is 7.11 Å². The molecule has 0 aliphatic rings. The van der Waals surface area contributed by atoms with Gasteiger partial charge in [-0.3, -0.25) is 10.1 Å². The Morgan fingerprint density at radius 2 is 2.00 bits per heavy atom. The van der Waals surface area contributed by atoms with E-state index >= 15 is 0 Å². The van der Waals surface area contributed by atoms with Crippen LogP contribution in [0.3, 0.4) is 0 Å². The molecule has 0 amide bonds.